The molecule has 1 aromatic carbocycles. The van der Waals surface area contributed by atoms with E-state index in [9.17, 15) is 4.79 Å². The van der Waals surface area contributed by atoms with Crippen LogP contribution in [0.4, 0.5) is 5.69 Å². The Balaban J connectivity index is 0.00000225. The number of anilines is 1. The molecule has 16 heavy (non-hydrogen) atoms. The van der Waals surface area contributed by atoms with Crippen molar-refractivity contribution >= 4 is 24.0 Å². The lowest BCUT2D eigenvalue weighted by Crippen LogP contribution is -2.09. The second kappa shape index (κ2) is 7.04. The fourth-order valence-electron chi connectivity index (χ4n) is 1.33. The Kier molecular flexibility index (Phi) is 6.46. The molecule has 88 valence electrons. The number of amides is 1. The Morgan fingerprint density at radius 1 is 1.50 bits per heavy atom. The number of rotatable bonds is 4. The van der Waals surface area contributed by atoms with E-state index in [0.717, 1.165) is 17.7 Å². The molecule has 0 radical (unpaired) electrons. The van der Waals surface area contributed by atoms with Gasteiger partial charge in [0.1, 0.15) is 0 Å². The predicted molar refractivity (Wildman–Crippen MR) is 69.7 cm³/mol. The summed E-state index contributed by atoms with van der Waals surface area (Å²) in [4.78, 5) is 10.8. The van der Waals surface area contributed by atoms with E-state index in [4.69, 9.17) is 5.73 Å². The second-order valence-corrected chi connectivity index (χ2v) is 3.43. The SMILES string of the molecule is C=CC[C@H](N)c1ccc(NC(C)=O)cc1.Cl. The lowest BCUT2D eigenvalue weighted by molar-refractivity contribution is -0.114. The molecule has 0 aliphatic rings. The van der Waals surface area contributed by atoms with Crippen molar-refractivity contribution in [2.45, 2.75) is 19.4 Å². The van der Waals surface area contributed by atoms with Crippen LogP contribution >= 0.6 is 12.4 Å². The van der Waals surface area contributed by atoms with Crippen LogP contribution in [-0.2, 0) is 4.79 Å². The molecule has 4 heteroatoms. The molecule has 1 atom stereocenters. The zero-order valence-corrected chi connectivity index (χ0v) is 10.1. The van der Waals surface area contributed by atoms with Crippen molar-refractivity contribution in [1.82, 2.24) is 0 Å². The van der Waals surface area contributed by atoms with Gasteiger partial charge in [0, 0.05) is 18.7 Å². The monoisotopic (exact) mass is 240 g/mol. The summed E-state index contributed by atoms with van der Waals surface area (Å²) < 4.78 is 0. The number of benzene rings is 1. The first-order chi connectivity index (χ1) is 7.13. The Hall–Kier alpha value is -1.32. The zero-order chi connectivity index (χ0) is 11.3. The van der Waals surface area contributed by atoms with Crippen molar-refractivity contribution in [2.75, 3.05) is 5.32 Å². The molecule has 0 bridgehead atoms. The molecule has 3 nitrogen and oxygen atoms in total. The van der Waals surface area contributed by atoms with Crippen molar-refractivity contribution in [2.24, 2.45) is 5.73 Å². The van der Waals surface area contributed by atoms with Crippen LogP contribution in [-0.4, -0.2) is 5.91 Å². The highest BCUT2D eigenvalue weighted by atomic mass is 35.5. The maximum Gasteiger partial charge on any atom is 0.221 e. The van der Waals surface area contributed by atoms with Gasteiger partial charge in [-0.1, -0.05) is 18.2 Å². The minimum absolute atomic E-state index is 0. The molecule has 0 fully saturated rings. The molecule has 0 aliphatic heterocycles. The van der Waals surface area contributed by atoms with E-state index in [0.29, 0.717) is 0 Å². The van der Waals surface area contributed by atoms with Crippen molar-refractivity contribution in [3.05, 3.63) is 42.5 Å². The average Bonchev–Trinajstić information content (AvgIpc) is 2.18. The number of halogens is 1. The van der Waals surface area contributed by atoms with E-state index in [1.807, 2.05) is 24.3 Å². The first-order valence-electron chi connectivity index (χ1n) is 4.87. The van der Waals surface area contributed by atoms with Crippen LogP contribution in [0.15, 0.2) is 36.9 Å². The van der Waals surface area contributed by atoms with Crippen molar-refractivity contribution in [3.63, 3.8) is 0 Å². The van der Waals surface area contributed by atoms with E-state index in [2.05, 4.69) is 11.9 Å². The average molecular weight is 241 g/mol. The van der Waals surface area contributed by atoms with Gasteiger partial charge in [0.15, 0.2) is 0 Å². The van der Waals surface area contributed by atoms with Crippen LogP contribution in [0, 0.1) is 0 Å². The van der Waals surface area contributed by atoms with Gasteiger partial charge in [-0.2, -0.15) is 0 Å². The fraction of sp³-hybridized carbons (Fsp3) is 0.250. The molecule has 1 aromatic rings. The van der Waals surface area contributed by atoms with Gasteiger partial charge in [0.25, 0.3) is 0 Å². The lowest BCUT2D eigenvalue weighted by atomic mass is 10.0. The minimum Gasteiger partial charge on any atom is -0.326 e. The molecular weight excluding hydrogens is 224 g/mol. The highest BCUT2D eigenvalue weighted by molar-refractivity contribution is 5.88. The largest absolute Gasteiger partial charge is 0.326 e. The van der Waals surface area contributed by atoms with Crippen molar-refractivity contribution in [1.29, 1.82) is 0 Å². The number of hydrogen-bond acceptors (Lipinski definition) is 2. The number of hydrogen-bond donors (Lipinski definition) is 2. The van der Waals surface area contributed by atoms with Gasteiger partial charge in [-0.3, -0.25) is 4.79 Å². The summed E-state index contributed by atoms with van der Waals surface area (Å²) in [5.74, 6) is -0.0712. The molecule has 0 spiro atoms. The third kappa shape index (κ3) is 4.47. The van der Waals surface area contributed by atoms with Gasteiger partial charge in [0.2, 0.25) is 5.91 Å². The van der Waals surface area contributed by atoms with Gasteiger partial charge in [-0.25, -0.2) is 0 Å². The molecule has 0 unspecified atom stereocenters. The number of carbonyl (C=O) groups excluding carboxylic acids is 1. The number of nitrogens with one attached hydrogen (secondary N) is 1. The van der Waals surface area contributed by atoms with E-state index in [-0.39, 0.29) is 24.4 Å². The highest BCUT2D eigenvalue weighted by Crippen LogP contribution is 2.17. The smallest absolute Gasteiger partial charge is 0.221 e. The quantitative estimate of drug-likeness (QED) is 0.795. The van der Waals surface area contributed by atoms with Gasteiger partial charge in [-0.05, 0) is 24.1 Å². The second-order valence-electron chi connectivity index (χ2n) is 3.43. The topological polar surface area (TPSA) is 55.1 Å². The third-order valence-corrected chi connectivity index (χ3v) is 2.08. The summed E-state index contributed by atoms with van der Waals surface area (Å²) >= 11 is 0. The van der Waals surface area contributed by atoms with Crippen LogP contribution in [0.3, 0.4) is 0 Å². The van der Waals surface area contributed by atoms with E-state index in [1.165, 1.54) is 6.92 Å². The molecule has 0 aliphatic carbocycles. The molecule has 3 N–H and O–H groups in total. The highest BCUT2D eigenvalue weighted by Gasteiger charge is 2.03. The maximum absolute atomic E-state index is 10.8. The Morgan fingerprint density at radius 2 is 2.06 bits per heavy atom. The first-order valence-corrected chi connectivity index (χ1v) is 4.87. The predicted octanol–water partition coefficient (Wildman–Crippen LogP) is 2.64. The summed E-state index contributed by atoms with van der Waals surface area (Å²) in [6.07, 6.45) is 2.55. The summed E-state index contributed by atoms with van der Waals surface area (Å²) in [6.45, 7) is 5.13. The summed E-state index contributed by atoms with van der Waals surface area (Å²) in [7, 11) is 0. The van der Waals surface area contributed by atoms with E-state index in [1.54, 1.807) is 6.08 Å². The van der Waals surface area contributed by atoms with Gasteiger partial charge in [0.05, 0.1) is 0 Å². The molecule has 0 saturated carbocycles. The normalized spacial score (nSPS) is 11.1. The van der Waals surface area contributed by atoms with E-state index < -0.39 is 0 Å². The van der Waals surface area contributed by atoms with Crippen LogP contribution in [0.5, 0.6) is 0 Å². The molecule has 0 aromatic heterocycles. The standard InChI is InChI=1S/C12H16N2O.ClH/c1-3-4-12(13)10-5-7-11(8-6-10)14-9(2)15;/h3,5-8,12H,1,4,13H2,2H3,(H,14,15);1H/t12-;/m0./s1. The van der Waals surface area contributed by atoms with Crippen LogP contribution in [0.1, 0.15) is 24.9 Å². The van der Waals surface area contributed by atoms with Gasteiger partial charge in [-0.15, -0.1) is 19.0 Å². The van der Waals surface area contributed by atoms with E-state index >= 15 is 0 Å². The molecule has 0 heterocycles. The van der Waals surface area contributed by atoms with Crippen LogP contribution in [0.25, 0.3) is 0 Å². The summed E-state index contributed by atoms with van der Waals surface area (Å²) in [5, 5.41) is 2.70. The first kappa shape index (κ1) is 14.7. The molecule has 0 saturated heterocycles. The van der Waals surface area contributed by atoms with Crippen molar-refractivity contribution < 1.29 is 4.79 Å². The van der Waals surface area contributed by atoms with Crippen LogP contribution < -0.4 is 11.1 Å². The number of carbonyl (C=O) groups is 1. The minimum atomic E-state index is -0.0712. The fourth-order valence-corrected chi connectivity index (χ4v) is 1.33. The number of nitrogens with two attached hydrogens (primary N) is 1. The third-order valence-electron chi connectivity index (χ3n) is 2.08. The summed E-state index contributed by atoms with van der Waals surface area (Å²) in [6, 6.07) is 7.51. The molecule has 1 rings (SSSR count). The lowest BCUT2D eigenvalue weighted by Gasteiger charge is -2.10. The van der Waals surface area contributed by atoms with Crippen molar-refractivity contribution in [3.8, 4) is 0 Å². The molecule has 1 amide bonds. The zero-order valence-electron chi connectivity index (χ0n) is 9.27. The maximum atomic E-state index is 10.8. The summed E-state index contributed by atoms with van der Waals surface area (Å²) in [5.41, 5.74) is 7.73. The Labute approximate surface area is 102 Å². The Morgan fingerprint density at radius 3 is 2.50 bits per heavy atom. The van der Waals surface area contributed by atoms with Gasteiger partial charge >= 0.3 is 0 Å². The Bertz CT molecular complexity index is 349. The molecular formula is C12H17ClN2O. The van der Waals surface area contributed by atoms with Gasteiger partial charge < -0.3 is 11.1 Å². The van der Waals surface area contributed by atoms with Crippen LogP contribution in [0.2, 0.25) is 0 Å².